The fourth-order valence-electron chi connectivity index (χ4n) is 2.75. The lowest BCUT2D eigenvalue weighted by Crippen LogP contribution is -2.29. The number of carboxylic acids is 1. The Morgan fingerprint density at radius 2 is 2.24 bits per heavy atom. The van der Waals surface area contributed by atoms with Gasteiger partial charge < -0.3 is 15.2 Å². The Morgan fingerprint density at radius 1 is 1.43 bits per heavy atom. The van der Waals surface area contributed by atoms with Gasteiger partial charge in [0, 0.05) is 18.9 Å². The molecule has 7 heteroatoms. The first-order valence-electron chi connectivity index (χ1n) is 7.30. The van der Waals surface area contributed by atoms with E-state index in [4.69, 9.17) is 9.84 Å². The van der Waals surface area contributed by atoms with Crippen LogP contribution in [-0.4, -0.2) is 39.4 Å². The first kappa shape index (κ1) is 14.1. The summed E-state index contributed by atoms with van der Waals surface area (Å²) >= 11 is 0. The zero-order chi connectivity index (χ0) is 14.8. The molecule has 7 nitrogen and oxygen atoms in total. The molecule has 2 aliphatic rings. The number of anilines is 1. The average Bonchev–Trinajstić information content (AvgIpc) is 3.19. The second-order valence-electron chi connectivity index (χ2n) is 5.69. The highest BCUT2D eigenvalue weighted by molar-refractivity contribution is 5.66. The van der Waals surface area contributed by atoms with Crippen LogP contribution >= 0.6 is 0 Å². The normalized spacial score (nSPS) is 25.0. The van der Waals surface area contributed by atoms with Gasteiger partial charge in [-0.05, 0) is 31.6 Å². The van der Waals surface area contributed by atoms with Gasteiger partial charge in [0.2, 0.25) is 0 Å². The number of hydrogen-bond acceptors (Lipinski definition) is 5. The van der Waals surface area contributed by atoms with Gasteiger partial charge >= 0.3 is 5.97 Å². The molecule has 2 N–H and O–H groups in total. The van der Waals surface area contributed by atoms with Crippen LogP contribution in [0.4, 0.5) is 5.82 Å². The summed E-state index contributed by atoms with van der Waals surface area (Å²) in [6, 6.07) is 0. The number of nitrogens with zero attached hydrogens (tertiary/aromatic N) is 2. The van der Waals surface area contributed by atoms with Crippen LogP contribution in [-0.2, 0) is 16.1 Å². The number of rotatable bonds is 6. The highest BCUT2D eigenvalue weighted by atomic mass is 16.5. The van der Waals surface area contributed by atoms with Crippen LogP contribution in [0.3, 0.4) is 0 Å². The Hall–Kier alpha value is -1.89. The molecule has 1 aromatic rings. The minimum Gasteiger partial charge on any atom is -0.480 e. The maximum absolute atomic E-state index is 12.0. The summed E-state index contributed by atoms with van der Waals surface area (Å²) in [6.45, 7) is 0.169. The quantitative estimate of drug-likeness (QED) is 0.802. The lowest BCUT2D eigenvalue weighted by molar-refractivity contribution is -0.137. The third-order valence-electron chi connectivity index (χ3n) is 4.00. The Bertz CT molecular complexity index is 582. The van der Waals surface area contributed by atoms with Gasteiger partial charge in [-0.1, -0.05) is 0 Å². The largest absolute Gasteiger partial charge is 0.480 e. The Kier molecular flexibility index (Phi) is 3.92. The average molecular weight is 293 g/mol. The van der Waals surface area contributed by atoms with E-state index in [1.54, 1.807) is 0 Å². The monoisotopic (exact) mass is 293 g/mol. The van der Waals surface area contributed by atoms with E-state index in [0.29, 0.717) is 12.6 Å². The molecule has 0 aromatic carbocycles. The minimum atomic E-state index is -1.05. The lowest BCUT2D eigenvalue weighted by Gasteiger charge is -2.14. The number of aliphatic carboxylic acids is 1. The number of aromatic nitrogens is 2. The van der Waals surface area contributed by atoms with Crippen molar-refractivity contribution in [2.45, 2.75) is 44.4 Å². The second-order valence-corrected chi connectivity index (χ2v) is 5.69. The van der Waals surface area contributed by atoms with E-state index in [0.717, 1.165) is 23.3 Å². The van der Waals surface area contributed by atoms with E-state index in [9.17, 15) is 9.59 Å². The molecule has 2 heterocycles. The van der Waals surface area contributed by atoms with Crippen LogP contribution in [0.2, 0.25) is 0 Å². The molecule has 114 valence electrons. The van der Waals surface area contributed by atoms with Crippen molar-refractivity contribution >= 4 is 11.8 Å². The van der Waals surface area contributed by atoms with E-state index < -0.39 is 11.5 Å². The molecule has 1 saturated carbocycles. The number of carbonyl (C=O) groups is 1. The Labute approximate surface area is 121 Å². The predicted molar refractivity (Wildman–Crippen MR) is 75.2 cm³/mol. The van der Waals surface area contributed by atoms with Crippen molar-refractivity contribution < 1.29 is 14.6 Å². The molecule has 1 aliphatic carbocycles. The van der Waals surface area contributed by atoms with E-state index in [1.807, 2.05) is 0 Å². The minimum absolute atomic E-state index is 0.102. The number of ether oxygens (including phenoxy) is 1. The standard InChI is InChI=1S/C14H19N3O4/c18-12(19)8-17-6-5-15-13(14(17)20)16-7-10-3-4-11(21-10)9-1-2-9/h5-6,9-11H,1-4,7-8H2,(H,15,16)(H,18,19)/t10-,11+/m0/s1. The summed E-state index contributed by atoms with van der Waals surface area (Å²) in [5, 5.41) is 11.7. The van der Waals surface area contributed by atoms with E-state index >= 15 is 0 Å². The highest BCUT2D eigenvalue weighted by Crippen LogP contribution is 2.40. The van der Waals surface area contributed by atoms with Crippen LogP contribution in [0.5, 0.6) is 0 Å². The van der Waals surface area contributed by atoms with Gasteiger partial charge in [-0.15, -0.1) is 0 Å². The molecular formula is C14H19N3O4. The van der Waals surface area contributed by atoms with Crippen LogP contribution in [0.1, 0.15) is 25.7 Å². The summed E-state index contributed by atoms with van der Waals surface area (Å²) in [5.41, 5.74) is -0.420. The summed E-state index contributed by atoms with van der Waals surface area (Å²) in [6.07, 6.45) is 7.89. The summed E-state index contributed by atoms with van der Waals surface area (Å²) < 4.78 is 7.07. The highest BCUT2D eigenvalue weighted by Gasteiger charge is 2.37. The molecule has 1 aromatic heterocycles. The topological polar surface area (TPSA) is 93.4 Å². The van der Waals surface area contributed by atoms with E-state index in [1.165, 1.54) is 25.2 Å². The smallest absolute Gasteiger partial charge is 0.323 e. The van der Waals surface area contributed by atoms with Crippen molar-refractivity contribution in [2.24, 2.45) is 5.92 Å². The summed E-state index contributed by atoms with van der Waals surface area (Å²) in [4.78, 5) is 26.7. The Balaban J connectivity index is 1.57. The molecular weight excluding hydrogens is 274 g/mol. The lowest BCUT2D eigenvalue weighted by atomic mass is 10.1. The van der Waals surface area contributed by atoms with Crippen LogP contribution in [0, 0.1) is 5.92 Å². The SMILES string of the molecule is O=C(O)Cn1ccnc(NC[C@@H]2CC[C@H](C3CC3)O2)c1=O. The van der Waals surface area contributed by atoms with Crippen molar-refractivity contribution in [2.75, 3.05) is 11.9 Å². The van der Waals surface area contributed by atoms with Crippen LogP contribution < -0.4 is 10.9 Å². The number of hydrogen-bond donors (Lipinski definition) is 2. The maximum atomic E-state index is 12.0. The van der Waals surface area contributed by atoms with Crippen molar-refractivity contribution in [3.8, 4) is 0 Å². The van der Waals surface area contributed by atoms with Gasteiger partial charge in [0.1, 0.15) is 6.54 Å². The first-order valence-corrected chi connectivity index (χ1v) is 7.30. The molecule has 0 radical (unpaired) electrons. The van der Waals surface area contributed by atoms with Crippen molar-refractivity contribution in [3.05, 3.63) is 22.7 Å². The molecule has 0 spiro atoms. The van der Waals surface area contributed by atoms with Crippen LogP contribution in [0.15, 0.2) is 17.2 Å². The first-order chi connectivity index (χ1) is 10.1. The van der Waals surface area contributed by atoms with Gasteiger partial charge in [-0.25, -0.2) is 4.98 Å². The fourth-order valence-corrected chi connectivity index (χ4v) is 2.75. The molecule has 0 bridgehead atoms. The molecule has 2 fully saturated rings. The van der Waals surface area contributed by atoms with Gasteiger partial charge in [0.05, 0.1) is 12.2 Å². The van der Waals surface area contributed by atoms with Crippen molar-refractivity contribution in [3.63, 3.8) is 0 Å². The van der Waals surface area contributed by atoms with E-state index in [2.05, 4.69) is 10.3 Å². The second kappa shape index (κ2) is 5.85. The summed E-state index contributed by atoms with van der Waals surface area (Å²) in [7, 11) is 0. The van der Waals surface area contributed by atoms with Crippen molar-refractivity contribution in [1.82, 2.24) is 9.55 Å². The zero-order valence-electron chi connectivity index (χ0n) is 11.7. The molecule has 1 saturated heterocycles. The zero-order valence-corrected chi connectivity index (χ0v) is 11.7. The summed E-state index contributed by atoms with van der Waals surface area (Å²) in [5.74, 6) is -0.143. The van der Waals surface area contributed by atoms with Gasteiger partial charge in [0.15, 0.2) is 5.82 Å². The molecule has 21 heavy (non-hydrogen) atoms. The predicted octanol–water partition coefficient (Wildman–Crippen LogP) is 0.697. The third kappa shape index (κ3) is 3.41. The molecule has 0 unspecified atom stereocenters. The van der Waals surface area contributed by atoms with Gasteiger partial charge in [-0.2, -0.15) is 0 Å². The molecule has 0 amide bonds. The number of carboxylic acid groups (broad SMARTS) is 1. The van der Waals surface area contributed by atoms with E-state index in [-0.39, 0.29) is 18.5 Å². The Morgan fingerprint density at radius 3 is 2.95 bits per heavy atom. The van der Waals surface area contributed by atoms with Crippen LogP contribution in [0.25, 0.3) is 0 Å². The van der Waals surface area contributed by atoms with Gasteiger partial charge in [-0.3, -0.25) is 14.2 Å². The number of nitrogens with one attached hydrogen (secondary N) is 1. The fraction of sp³-hybridized carbons (Fsp3) is 0.643. The third-order valence-corrected chi connectivity index (χ3v) is 4.00. The molecule has 2 atom stereocenters. The van der Waals surface area contributed by atoms with Gasteiger partial charge in [0.25, 0.3) is 5.56 Å². The van der Waals surface area contributed by atoms with Crippen molar-refractivity contribution in [1.29, 1.82) is 0 Å². The maximum Gasteiger partial charge on any atom is 0.323 e. The molecule has 1 aliphatic heterocycles. The molecule has 3 rings (SSSR count).